The number of likely N-dealkylation sites (tertiary alicyclic amines) is 1. The van der Waals surface area contributed by atoms with Crippen molar-refractivity contribution in [3.05, 3.63) is 0 Å². The molecule has 1 saturated heterocycles. The van der Waals surface area contributed by atoms with Crippen molar-refractivity contribution in [3.63, 3.8) is 0 Å². The quantitative estimate of drug-likeness (QED) is 0.480. The number of aliphatic hydroxyl groups is 1. The van der Waals surface area contributed by atoms with Gasteiger partial charge in [0.2, 0.25) is 0 Å². The van der Waals surface area contributed by atoms with Crippen LogP contribution in [0.25, 0.3) is 0 Å². The van der Waals surface area contributed by atoms with E-state index in [-0.39, 0.29) is 0 Å². The van der Waals surface area contributed by atoms with Gasteiger partial charge in [0.15, 0.2) is 0 Å². The van der Waals surface area contributed by atoms with Crippen molar-refractivity contribution in [2.45, 2.75) is 25.0 Å². The summed E-state index contributed by atoms with van der Waals surface area (Å²) in [7, 11) is 1.97. The van der Waals surface area contributed by atoms with Crippen molar-refractivity contribution in [1.29, 1.82) is 0 Å². The summed E-state index contributed by atoms with van der Waals surface area (Å²) >= 11 is 0. The Morgan fingerprint density at radius 3 is 2.60 bits per heavy atom. The Labute approximate surface area is 61.8 Å². The fourth-order valence-electron chi connectivity index (χ4n) is 1.38. The first kappa shape index (κ1) is 7.59. The summed E-state index contributed by atoms with van der Waals surface area (Å²) in [5.74, 6) is 2.42. The molecule has 2 nitrogen and oxygen atoms in total. The summed E-state index contributed by atoms with van der Waals surface area (Å²) in [5.41, 5.74) is -0.867. The van der Waals surface area contributed by atoms with Crippen LogP contribution in [0.1, 0.15) is 13.3 Å². The van der Waals surface area contributed by atoms with Gasteiger partial charge in [-0.05, 0) is 14.0 Å². The zero-order valence-electron chi connectivity index (χ0n) is 6.46. The number of terminal acetylenes is 1. The Morgan fingerprint density at radius 1 is 1.80 bits per heavy atom. The first-order chi connectivity index (χ1) is 4.57. The zero-order chi connectivity index (χ0) is 7.78. The molecule has 0 aromatic rings. The molecule has 0 saturated carbocycles. The highest BCUT2D eigenvalue weighted by Crippen LogP contribution is 2.24. The number of nitrogens with zero attached hydrogens (tertiary/aromatic N) is 1. The minimum absolute atomic E-state index is 0.404. The molecule has 0 bridgehead atoms. The van der Waals surface area contributed by atoms with E-state index in [0.717, 1.165) is 0 Å². The normalized spacial score (nSPS) is 41.6. The van der Waals surface area contributed by atoms with Crippen molar-refractivity contribution in [3.8, 4) is 12.3 Å². The highest BCUT2D eigenvalue weighted by Gasteiger charge is 2.36. The summed E-state index contributed by atoms with van der Waals surface area (Å²) in [6.45, 7) is 2.67. The lowest BCUT2D eigenvalue weighted by Crippen LogP contribution is -2.29. The predicted molar refractivity (Wildman–Crippen MR) is 40.5 cm³/mol. The lowest BCUT2D eigenvalue weighted by molar-refractivity contribution is 0.112. The largest absolute Gasteiger partial charge is 0.376 e. The average molecular weight is 139 g/mol. The first-order valence-corrected chi connectivity index (χ1v) is 3.48. The Morgan fingerprint density at radius 2 is 2.40 bits per heavy atom. The van der Waals surface area contributed by atoms with Crippen LogP contribution in [0.15, 0.2) is 0 Å². The maximum atomic E-state index is 9.56. The zero-order valence-corrected chi connectivity index (χ0v) is 6.46. The summed E-state index contributed by atoms with van der Waals surface area (Å²) < 4.78 is 0. The second-order valence-electron chi connectivity index (χ2n) is 3.14. The van der Waals surface area contributed by atoms with Crippen LogP contribution < -0.4 is 0 Å². The third-order valence-corrected chi connectivity index (χ3v) is 2.17. The maximum absolute atomic E-state index is 9.56. The molecular formula is C8H13NO. The number of hydrogen-bond donors (Lipinski definition) is 1. The molecule has 2 heteroatoms. The molecule has 0 aromatic heterocycles. The Bertz CT molecular complexity index is 161. The summed E-state index contributed by atoms with van der Waals surface area (Å²) in [4.78, 5) is 2.07. The summed E-state index contributed by atoms with van der Waals surface area (Å²) in [6, 6.07) is 0.404. The van der Waals surface area contributed by atoms with Crippen LogP contribution in [0.4, 0.5) is 0 Å². The SMILES string of the molecule is C#C[C@@]1(O)C[C@H](C)N(C)C1. The molecule has 0 aromatic carbocycles. The molecule has 0 radical (unpaired) electrons. The number of β-amino-alcohol motifs (C(OH)–C–C–N with tert-alkyl or cyclic N) is 1. The van der Waals surface area contributed by atoms with Crippen molar-refractivity contribution in [2.75, 3.05) is 13.6 Å². The van der Waals surface area contributed by atoms with Gasteiger partial charge in [-0.2, -0.15) is 0 Å². The number of rotatable bonds is 0. The Kier molecular flexibility index (Phi) is 1.72. The van der Waals surface area contributed by atoms with Gasteiger partial charge in [0.05, 0.1) is 0 Å². The molecule has 0 spiro atoms. The maximum Gasteiger partial charge on any atom is 0.139 e. The smallest absolute Gasteiger partial charge is 0.139 e. The molecule has 1 rings (SSSR count). The predicted octanol–water partition coefficient (Wildman–Crippen LogP) is 0.0747. The van der Waals surface area contributed by atoms with Crippen molar-refractivity contribution in [2.24, 2.45) is 0 Å². The van der Waals surface area contributed by atoms with Crippen molar-refractivity contribution >= 4 is 0 Å². The van der Waals surface area contributed by atoms with Gasteiger partial charge in [0, 0.05) is 19.0 Å². The summed E-state index contributed by atoms with van der Waals surface area (Å²) in [5, 5.41) is 9.56. The molecule has 10 heavy (non-hydrogen) atoms. The second-order valence-corrected chi connectivity index (χ2v) is 3.14. The average Bonchev–Trinajstić information content (AvgIpc) is 2.10. The van der Waals surface area contributed by atoms with E-state index in [1.54, 1.807) is 0 Å². The van der Waals surface area contributed by atoms with Crippen LogP contribution in [0, 0.1) is 12.3 Å². The van der Waals surface area contributed by atoms with E-state index in [2.05, 4.69) is 17.7 Å². The van der Waals surface area contributed by atoms with E-state index in [1.165, 1.54) is 0 Å². The molecular weight excluding hydrogens is 126 g/mol. The van der Waals surface area contributed by atoms with Crippen LogP contribution in [0.2, 0.25) is 0 Å². The van der Waals surface area contributed by atoms with Gasteiger partial charge in [0.25, 0.3) is 0 Å². The molecule has 1 heterocycles. The standard InChI is InChI=1S/C8H13NO/c1-4-8(10)5-7(2)9(3)6-8/h1,7,10H,5-6H2,2-3H3/t7-,8+/m0/s1. The minimum atomic E-state index is -0.867. The van der Waals surface area contributed by atoms with Crippen LogP contribution in [0.5, 0.6) is 0 Å². The molecule has 2 atom stereocenters. The highest BCUT2D eigenvalue weighted by molar-refractivity contribution is 5.13. The Balaban J connectivity index is 2.66. The van der Waals surface area contributed by atoms with E-state index in [0.29, 0.717) is 19.0 Å². The minimum Gasteiger partial charge on any atom is -0.376 e. The molecule has 1 aliphatic rings. The number of likely N-dealkylation sites (N-methyl/N-ethyl adjacent to an activating group) is 1. The van der Waals surface area contributed by atoms with Crippen molar-refractivity contribution in [1.82, 2.24) is 4.90 Å². The molecule has 1 fully saturated rings. The summed E-state index contributed by atoms with van der Waals surface area (Å²) in [6.07, 6.45) is 5.86. The number of hydrogen-bond acceptors (Lipinski definition) is 2. The van der Waals surface area contributed by atoms with Crippen LogP contribution >= 0.6 is 0 Å². The molecule has 56 valence electrons. The molecule has 0 aliphatic carbocycles. The third-order valence-electron chi connectivity index (χ3n) is 2.17. The second kappa shape index (κ2) is 2.26. The van der Waals surface area contributed by atoms with Gasteiger partial charge in [-0.25, -0.2) is 0 Å². The monoisotopic (exact) mass is 139 g/mol. The first-order valence-electron chi connectivity index (χ1n) is 3.48. The van der Waals surface area contributed by atoms with Gasteiger partial charge in [0.1, 0.15) is 5.60 Å². The van der Waals surface area contributed by atoms with Crippen molar-refractivity contribution < 1.29 is 5.11 Å². The third kappa shape index (κ3) is 1.16. The van der Waals surface area contributed by atoms with Crippen LogP contribution in [-0.4, -0.2) is 35.2 Å². The van der Waals surface area contributed by atoms with Gasteiger partial charge < -0.3 is 5.11 Å². The molecule has 1 aliphatic heterocycles. The van der Waals surface area contributed by atoms with Crippen LogP contribution in [0.3, 0.4) is 0 Å². The van der Waals surface area contributed by atoms with E-state index in [4.69, 9.17) is 6.42 Å². The van der Waals surface area contributed by atoms with E-state index < -0.39 is 5.60 Å². The fraction of sp³-hybridized carbons (Fsp3) is 0.750. The van der Waals surface area contributed by atoms with E-state index in [9.17, 15) is 5.11 Å². The van der Waals surface area contributed by atoms with Gasteiger partial charge >= 0.3 is 0 Å². The molecule has 1 N–H and O–H groups in total. The van der Waals surface area contributed by atoms with Gasteiger partial charge in [-0.15, -0.1) is 6.42 Å². The van der Waals surface area contributed by atoms with E-state index >= 15 is 0 Å². The lowest BCUT2D eigenvalue weighted by Gasteiger charge is -2.13. The van der Waals surface area contributed by atoms with Crippen LogP contribution in [-0.2, 0) is 0 Å². The lowest BCUT2D eigenvalue weighted by atomic mass is 10.0. The van der Waals surface area contributed by atoms with E-state index in [1.807, 2.05) is 7.05 Å². The fourth-order valence-corrected chi connectivity index (χ4v) is 1.38. The van der Waals surface area contributed by atoms with Gasteiger partial charge in [-0.3, -0.25) is 4.90 Å². The molecule has 0 amide bonds. The molecule has 0 unspecified atom stereocenters. The highest BCUT2D eigenvalue weighted by atomic mass is 16.3. The Hall–Kier alpha value is -0.520. The topological polar surface area (TPSA) is 23.5 Å². The van der Waals surface area contributed by atoms with Gasteiger partial charge in [-0.1, -0.05) is 5.92 Å².